The van der Waals surface area contributed by atoms with E-state index in [9.17, 15) is 0 Å². The molecule has 0 saturated carbocycles. The van der Waals surface area contributed by atoms with E-state index in [1.54, 1.807) is 7.11 Å². The van der Waals surface area contributed by atoms with Crippen LogP contribution < -0.4 is 5.32 Å². The molecule has 1 rings (SSSR count). The monoisotopic (exact) mass is 237 g/mol. The lowest BCUT2D eigenvalue weighted by Gasteiger charge is -2.19. The molecule has 17 heavy (non-hydrogen) atoms. The Hall–Kier alpha value is -1.29. The predicted molar refractivity (Wildman–Crippen MR) is 71.5 cm³/mol. The fourth-order valence-corrected chi connectivity index (χ4v) is 1.92. The summed E-state index contributed by atoms with van der Waals surface area (Å²) in [7, 11) is 1.74. The molecule has 1 heterocycles. The van der Waals surface area contributed by atoms with Gasteiger partial charge in [-0.05, 0) is 13.3 Å². The van der Waals surface area contributed by atoms with Crippen molar-refractivity contribution in [1.29, 1.82) is 0 Å². The highest BCUT2D eigenvalue weighted by molar-refractivity contribution is 5.30. The Kier molecular flexibility index (Phi) is 5.77. The molecule has 1 N–H and O–H groups in total. The van der Waals surface area contributed by atoms with Gasteiger partial charge in [-0.15, -0.1) is 6.58 Å². The van der Waals surface area contributed by atoms with E-state index in [1.807, 2.05) is 13.0 Å². The maximum absolute atomic E-state index is 5.28. The van der Waals surface area contributed by atoms with Crippen molar-refractivity contribution in [3.8, 4) is 0 Å². The van der Waals surface area contributed by atoms with Gasteiger partial charge in [0.25, 0.3) is 0 Å². The maximum atomic E-state index is 5.28. The molecule has 0 spiro atoms. The number of aromatic nitrogens is 2. The molecule has 1 aromatic rings. The van der Waals surface area contributed by atoms with Crippen LogP contribution in [0.25, 0.3) is 0 Å². The number of imidazole rings is 1. The molecule has 0 aromatic carbocycles. The van der Waals surface area contributed by atoms with Crippen molar-refractivity contribution in [3.63, 3.8) is 0 Å². The van der Waals surface area contributed by atoms with Crippen LogP contribution in [-0.4, -0.2) is 29.8 Å². The third kappa shape index (κ3) is 3.89. The second kappa shape index (κ2) is 7.12. The van der Waals surface area contributed by atoms with Gasteiger partial charge in [-0.25, -0.2) is 4.98 Å². The van der Waals surface area contributed by atoms with E-state index in [4.69, 9.17) is 4.74 Å². The van der Waals surface area contributed by atoms with Crippen molar-refractivity contribution < 1.29 is 4.74 Å². The van der Waals surface area contributed by atoms with Crippen molar-refractivity contribution in [2.24, 2.45) is 0 Å². The number of hydrogen-bond donors (Lipinski definition) is 1. The summed E-state index contributed by atoms with van der Waals surface area (Å²) in [6, 6.07) is 0.346. The summed E-state index contributed by atoms with van der Waals surface area (Å²) in [5, 5.41) is 3.26. The van der Waals surface area contributed by atoms with Crippen LogP contribution in [0.15, 0.2) is 18.9 Å². The van der Waals surface area contributed by atoms with Gasteiger partial charge in [-0.3, -0.25) is 0 Å². The van der Waals surface area contributed by atoms with Gasteiger partial charge in [-0.2, -0.15) is 0 Å². The lowest BCUT2D eigenvalue weighted by molar-refractivity contribution is 0.151. The van der Waals surface area contributed by atoms with Gasteiger partial charge < -0.3 is 14.6 Å². The predicted octanol–water partition coefficient (Wildman–Crippen LogP) is 2.78. The highest BCUT2D eigenvalue weighted by Gasteiger charge is 2.14. The molecular formula is C13H23N3O. The van der Waals surface area contributed by atoms with E-state index in [-0.39, 0.29) is 0 Å². The van der Waals surface area contributed by atoms with Gasteiger partial charge in [0.1, 0.15) is 0 Å². The lowest BCUT2D eigenvalue weighted by atomic mass is 10.2. The topological polar surface area (TPSA) is 39.1 Å². The smallest absolute Gasteiger partial charge is 0.203 e. The standard InChI is InChI=1S/C13H23N3O/c1-5-7-12(10-17-4)16-9-11(3)15-13(16)14-8-6-2/h6,9,12H,2,5,7-8,10H2,1,3-4H3,(H,14,15). The van der Waals surface area contributed by atoms with Crippen LogP contribution in [0, 0.1) is 6.92 Å². The Morgan fingerprint density at radius 3 is 3.00 bits per heavy atom. The molecule has 0 aliphatic rings. The van der Waals surface area contributed by atoms with Gasteiger partial charge in [0.05, 0.1) is 18.3 Å². The Labute approximate surface area is 104 Å². The fraction of sp³-hybridized carbons (Fsp3) is 0.615. The Morgan fingerprint density at radius 1 is 1.65 bits per heavy atom. The molecule has 0 amide bonds. The number of ether oxygens (including phenoxy) is 1. The van der Waals surface area contributed by atoms with E-state index in [0.717, 1.165) is 31.0 Å². The minimum atomic E-state index is 0.346. The fourth-order valence-electron chi connectivity index (χ4n) is 1.92. The molecule has 4 heteroatoms. The third-order valence-electron chi connectivity index (χ3n) is 2.63. The number of nitrogens with one attached hydrogen (secondary N) is 1. The van der Waals surface area contributed by atoms with E-state index in [0.29, 0.717) is 12.6 Å². The van der Waals surface area contributed by atoms with E-state index in [1.165, 1.54) is 0 Å². The Bertz CT molecular complexity index is 340. The first-order chi connectivity index (χ1) is 8.22. The highest BCUT2D eigenvalue weighted by atomic mass is 16.5. The van der Waals surface area contributed by atoms with Crippen molar-refractivity contribution in [2.75, 3.05) is 25.6 Å². The van der Waals surface area contributed by atoms with Crippen LogP contribution >= 0.6 is 0 Å². The largest absolute Gasteiger partial charge is 0.383 e. The van der Waals surface area contributed by atoms with Gasteiger partial charge in [0, 0.05) is 19.9 Å². The lowest BCUT2D eigenvalue weighted by Crippen LogP contribution is -2.17. The van der Waals surface area contributed by atoms with Crippen LogP contribution in [0.1, 0.15) is 31.5 Å². The normalized spacial score (nSPS) is 12.4. The quantitative estimate of drug-likeness (QED) is 0.707. The zero-order chi connectivity index (χ0) is 12.7. The summed E-state index contributed by atoms with van der Waals surface area (Å²) in [5.74, 6) is 0.901. The van der Waals surface area contributed by atoms with Gasteiger partial charge in [0.15, 0.2) is 0 Å². The Balaban J connectivity index is 2.86. The average molecular weight is 237 g/mol. The SMILES string of the molecule is C=CCNc1nc(C)cn1C(CCC)COC. The highest BCUT2D eigenvalue weighted by Crippen LogP contribution is 2.20. The minimum Gasteiger partial charge on any atom is -0.383 e. The number of hydrogen-bond acceptors (Lipinski definition) is 3. The summed E-state index contributed by atoms with van der Waals surface area (Å²) >= 11 is 0. The molecule has 0 bridgehead atoms. The first-order valence-corrected chi connectivity index (χ1v) is 6.12. The van der Waals surface area contributed by atoms with Crippen LogP contribution in [-0.2, 0) is 4.74 Å². The second-order valence-electron chi connectivity index (χ2n) is 4.18. The molecular weight excluding hydrogens is 214 g/mol. The zero-order valence-corrected chi connectivity index (χ0v) is 11.1. The summed E-state index contributed by atoms with van der Waals surface area (Å²) in [6.07, 6.45) is 6.13. The van der Waals surface area contributed by atoms with Crippen LogP contribution in [0.2, 0.25) is 0 Å². The second-order valence-corrected chi connectivity index (χ2v) is 4.18. The number of anilines is 1. The maximum Gasteiger partial charge on any atom is 0.203 e. The van der Waals surface area contributed by atoms with Gasteiger partial charge >= 0.3 is 0 Å². The van der Waals surface area contributed by atoms with Crippen LogP contribution in [0.5, 0.6) is 0 Å². The molecule has 96 valence electrons. The van der Waals surface area contributed by atoms with E-state index >= 15 is 0 Å². The van der Waals surface area contributed by atoms with Crippen LogP contribution in [0.3, 0.4) is 0 Å². The molecule has 4 nitrogen and oxygen atoms in total. The molecule has 1 atom stereocenters. The molecule has 0 aliphatic carbocycles. The van der Waals surface area contributed by atoms with Crippen molar-refractivity contribution in [1.82, 2.24) is 9.55 Å². The van der Waals surface area contributed by atoms with Crippen molar-refractivity contribution in [2.45, 2.75) is 32.7 Å². The van der Waals surface area contributed by atoms with Crippen molar-refractivity contribution in [3.05, 3.63) is 24.5 Å². The first kappa shape index (κ1) is 13.8. The summed E-state index contributed by atoms with van der Waals surface area (Å²) < 4.78 is 7.46. The van der Waals surface area contributed by atoms with Gasteiger partial charge in [0.2, 0.25) is 5.95 Å². The number of aryl methyl sites for hydroxylation is 1. The minimum absolute atomic E-state index is 0.346. The molecule has 1 unspecified atom stereocenters. The van der Waals surface area contributed by atoms with E-state index in [2.05, 4.69) is 34.6 Å². The summed E-state index contributed by atoms with van der Waals surface area (Å²) in [6.45, 7) is 9.33. The Morgan fingerprint density at radius 2 is 2.41 bits per heavy atom. The summed E-state index contributed by atoms with van der Waals surface area (Å²) in [5.41, 5.74) is 1.02. The summed E-state index contributed by atoms with van der Waals surface area (Å²) in [4.78, 5) is 4.48. The third-order valence-corrected chi connectivity index (χ3v) is 2.63. The molecule has 0 fully saturated rings. The van der Waals surface area contributed by atoms with E-state index < -0.39 is 0 Å². The number of rotatable bonds is 8. The average Bonchev–Trinajstić information content (AvgIpc) is 2.67. The molecule has 0 saturated heterocycles. The molecule has 1 aromatic heterocycles. The zero-order valence-electron chi connectivity index (χ0n) is 11.1. The van der Waals surface area contributed by atoms with Crippen molar-refractivity contribution >= 4 is 5.95 Å². The molecule has 0 radical (unpaired) electrons. The molecule has 0 aliphatic heterocycles. The van der Waals surface area contributed by atoms with Gasteiger partial charge in [-0.1, -0.05) is 19.4 Å². The number of methoxy groups -OCH3 is 1. The van der Waals surface area contributed by atoms with Crippen LogP contribution in [0.4, 0.5) is 5.95 Å². The number of nitrogens with zero attached hydrogens (tertiary/aromatic N) is 2. The first-order valence-electron chi connectivity index (χ1n) is 6.12.